The molecule has 1 aliphatic rings. The van der Waals surface area contributed by atoms with Gasteiger partial charge in [0.05, 0.1) is 12.6 Å². The number of hydrogen-bond donors (Lipinski definition) is 2. The van der Waals surface area contributed by atoms with Gasteiger partial charge in [-0.1, -0.05) is 6.07 Å². The molecule has 0 spiro atoms. The summed E-state index contributed by atoms with van der Waals surface area (Å²) in [5, 5.41) is 18.7. The van der Waals surface area contributed by atoms with Gasteiger partial charge >= 0.3 is 6.09 Å². The molecule has 0 aliphatic carbocycles. The number of rotatable bonds is 3. The van der Waals surface area contributed by atoms with Crippen molar-refractivity contribution in [1.29, 1.82) is 0 Å². The number of carboxylic acid groups (broad SMARTS) is 1. The Kier molecular flexibility index (Phi) is 4.95. The first-order chi connectivity index (χ1) is 9.52. The number of aromatic nitrogens is 1. The lowest BCUT2D eigenvalue weighted by atomic mass is 10.1. The maximum atomic E-state index is 11.1. The molecular formula is C13H18BrN3O3. The Labute approximate surface area is 126 Å². The van der Waals surface area contributed by atoms with Gasteiger partial charge in [0.2, 0.25) is 0 Å². The standard InChI is InChI=1S/C13H18BrN3O3/c1-9-7-16(4-5-17(9)13(19)20)11(8-18)10-2-3-12(14)15-6-10/h2-3,6,9,11,18H,4-5,7-8H2,1H3,(H,19,20)/t9-,11+/m1/s1. The van der Waals surface area contributed by atoms with Gasteiger partial charge in [-0.05, 0) is 34.5 Å². The molecule has 1 amide bonds. The van der Waals surface area contributed by atoms with Gasteiger partial charge in [-0.15, -0.1) is 0 Å². The number of piperazine rings is 1. The van der Waals surface area contributed by atoms with E-state index in [1.54, 1.807) is 6.20 Å². The van der Waals surface area contributed by atoms with E-state index in [1.165, 1.54) is 4.90 Å². The largest absolute Gasteiger partial charge is 0.465 e. The molecule has 2 N–H and O–H groups in total. The average molecular weight is 344 g/mol. The lowest BCUT2D eigenvalue weighted by Gasteiger charge is -2.41. The van der Waals surface area contributed by atoms with Crippen LogP contribution in [0.2, 0.25) is 0 Å². The molecule has 2 rings (SSSR count). The van der Waals surface area contributed by atoms with Gasteiger partial charge in [-0.2, -0.15) is 0 Å². The summed E-state index contributed by atoms with van der Waals surface area (Å²) in [7, 11) is 0. The second-order valence-corrected chi connectivity index (χ2v) is 5.75. The fourth-order valence-electron chi connectivity index (χ4n) is 2.57. The highest BCUT2D eigenvalue weighted by molar-refractivity contribution is 9.10. The smallest absolute Gasteiger partial charge is 0.407 e. The van der Waals surface area contributed by atoms with E-state index in [0.717, 1.165) is 10.2 Å². The number of aliphatic hydroxyl groups excluding tert-OH is 1. The van der Waals surface area contributed by atoms with Crippen LogP contribution in [0.1, 0.15) is 18.5 Å². The summed E-state index contributed by atoms with van der Waals surface area (Å²) in [5.74, 6) is 0. The van der Waals surface area contributed by atoms with Crippen LogP contribution in [0.15, 0.2) is 22.9 Å². The van der Waals surface area contributed by atoms with Gasteiger partial charge < -0.3 is 15.1 Å². The Morgan fingerprint density at radius 3 is 2.80 bits per heavy atom. The molecule has 1 fully saturated rings. The van der Waals surface area contributed by atoms with E-state index >= 15 is 0 Å². The molecule has 2 atom stereocenters. The van der Waals surface area contributed by atoms with Crippen molar-refractivity contribution in [3.05, 3.63) is 28.5 Å². The molecule has 0 unspecified atom stereocenters. The summed E-state index contributed by atoms with van der Waals surface area (Å²) in [6, 6.07) is 3.54. The molecule has 0 saturated carbocycles. The van der Waals surface area contributed by atoms with Gasteiger partial charge in [-0.25, -0.2) is 9.78 Å². The van der Waals surface area contributed by atoms with Gasteiger partial charge in [0.15, 0.2) is 0 Å². The minimum atomic E-state index is -0.886. The van der Waals surface area contributed by atoms with Crippen LogP contribution in [-0.4, -0.2) is 63.4 Å². The third kappa shape index (κ3) is 3.28. The molecule has 1 saturated heterocycles. The van der Waals surface area contributed by atoms with Crippen molar-refractivity contribution in [2.24, 2.45) is 0 Å². The van der Waals surface area contributed by atoms with Crippen molar-refractivity contribution in [2.75, 3.05) is 26.2 Å². The van der Waals surface area contributed by atoms with Crippen LogP contribution in [0.25, 0.3) is 0 Å². The molecular weight excluding hydrogens is 326 g/mol. The molecule has 20 heavy (non-hydrogen) atoms. The topological polar surface area (TPSA) is 76.9 Å². The van der Waals surface area contributed by atoms with Crippen LogP contribution in [0.5, 0.6) is 0 Å². The van der Waals surface area contributed by atoms with E-state index in [1.807, 2.05) is 19.1 Å². The highest BCUT2D eigenvalue weighted by Crippen LogP contribution is 2.24. The highest BCUT2D eigenvalue weighted by atomic mass is 79.9. The average Bonchev–Trinajstić information content (AvgIpc) is 2.41. The van der Waals surface area contributed by atoms with Crippen molar-refractivity contribution in [3.8, 4) is 0 Å². The molecule has 0 bridgehead atoms. The minimum absolute atomic E-state index is 0.0108. The summed E-state index contributed by atoms with van der Waals surface area (Å²) in [6.45, 7) is 3.54. The molecule has 110 valence electrons. The zero-order valence-electron chi connectivity index (χ0n) is 11.2. The fourth-order valence-corrected chi connectivity index (χ4v) is 2.80. The van der Waals surface area contributed by atoms with Crippen molar-refractivity contribution in [2.45, 2.75) is 19.0 Å². The van der Waals surface area contributed by atoms with Crippen molar-refractivity contribution in [1.82, 2.24) is 14.8 Å². The zero-order chi connectivity index (χ0) is 14.7. The fraction of sp³-hybridized carbons (Fsp3) is 0.538. The number of pyridine rings is 1. The molecule has 0 aromatic carbocycles. The summed E-state index contributed by atoms with van der Waals surface area (Å²) >= 11 is 3.29. The zero-order valence-corrected chi connectivity index (χ0v) is 12.8. The van der Waals surface area contributed by atoms with Crippen LogP contribution in [-0.2, 0) is 0 Å². The summed E-state index contributed by atoms with van der Waals surface area (Å²) in [6.07, 6.45) is 0.849. The van der Waals surface area contributed by atoms with Crippen LogP contribution in [0.3, 0.4) is 0 Å². The predicted molar refractivity (Wildman–Crippen MR) is 77.5 cm³/mol. The summed E-state index contributed by atoms with van der Waals surface area (Å²) < 4.78 is 0.752. The maximum Gasteiger partial charge on any atom is 0.407 e. The number of carbonyl (C=O) groups is 1. The lowest BCUT2D eigenvalue weighted by molar-refractivity contribution is 0.0363. The van der Waals surface area contributed by atoms with Gasteiger partial charge in [-0.3, -0.25) is 4.90 Å². The third-order valence-corrected chi connectivity index (χ3v) is 4.12. The monoisotopic (exact) mass is 343 g/mol. The number of halogens is 1. The van der Waals surface area contributed by atoms with E-state index < -0.39 is 6.09 Å². The van der Waals surface area contributed by atoms with E-state index in [9.17, 15) is 9.90 Å². The first kappa shape index (κ1) is 15.2. The Morgan fingerprint density at radius 1 is 1.55 bits per heavy atom. The van der Waals surface area contributed by atoms with E-state index in [4.69, 9.17) is 5.11 Å². The predicted octanol–water partition coefficient (Wildman–Crippen LogP) is 1.56. The van der Waals surface area contributed by atoms with Crippen molar-refractivity contribution >= 4 is 22.0 Å². The Morgan fingerprint density at radius 2 is 2.30 bits per heavy atom. The number of amides is 1. The van der Waals surface area contributed by atoms with E-state index in [-0.39, 0.29) is 18.7 Å². The Hall–Kier alpha value is -1.18. The Balaban J connectivity index is 2.10. The number of nitrogens with zero attached hydrogens (tertiary/aromatic N) is 3. The van der Waals surface area contributed by atoms with Crippen LogP contribution in [0.4, 0.5) is 4.79 Å². The SMILES string of the molecule is C[C@@H]1CN([C@@H](CO)c2ccc(Br)nc2)CCN1C(=O)O. The highest BCUT2D eigenvalue weighted by Gasteiger charge is 2.31. The Bertz CT molecular complexity index is 468. The van der Waals surface area contributed by atoms with E-state index in [2.05, 4.69) is 25.8 Å². The van der Waals surface area contributed by atoms with Gasteiger partial charge in [0.1, 0.15) is 4.60 Å². The van der Waals surface area contributed by atoms with Crippen molar-refractivity contribution < 1.29 is 15.0 Å². The molecule has 1 aromatic rings. The minimum Gasteiger partial charge on any atom is -0.465 e. The van der Waals surface area contributed by atoms with Crippen LogP contribution >= 0.6 is 15.9 Å². The number of hydrogen-bond acceptors (Lipinski definition) is 4. The van der Waals surface area contributed by atoms with E-state index in [0.29, 0.717) is 19.6 Å². The quantitative estimate of drug-likeness (QED) is 0.814. The molecule has 1 aliphatic heterocycles. The first-order valence-electron chi connectivity index (χ1n) is 6.49. The summed E-state index contributed by atoms with van der Waals surface area (Å²) in [4.78, 5) is 18.8. The summed E-state index contributed by atoms with van der Waals surface area (Å²) in [5.41, 5.74) is 0.937. The lowest BCUT2D eigenvalue weighted by Crippen LogP contribution is -2.54. The second kappa shape index (κ2) is 6.51. The normalized spacial score (nSPS) is 21.8. The van der Waals surface area contributed by atoms with Gasteiger partial charge in [0, 0.05) is 31.9 Å². The molecule has 6 nitrogen and oxygen atoms in total. The third-order valence-electron chi connectivity index (χ3n) is 3.65. The molecule has 0 radical (unpaired) electrons. The van der Waals surface area contributed by atoms with Crippen LogP contribution < -0.4 is 0 Å². The van der Waals surface area contributed by atoms with Gasteiger partial charge in [0.25, 0.3) is 0 Å². The second-order valence-electron chi connectivity index (χ2n) is 4.93. The number of aliphatic hydroxyl groups is 1. The van der Waals surface area contributed by atoms with Crippen molar-refractivity contribution in [3.63, 3.8) is 0 Å². The first-order valence-corrected chi connectivity index (χ1v) is 7.28. The molecule has 1 aromatic heterocycles. The maximum absolute atomic E-state index is 11.1. The van der Waals surface area contributed by atoms with Crippen LogP contribution in [0, 0.1) is 0 Å². The molecule has 7 heteroatoms. The molecule has 2 heterocycles.